The molecule has 0 aliphatic carbocycles. The van der Waals surface area contributed by atoms with E-state index in [0.29, 0.717) is 18.4 Å². The van der Waals surface area contributed by atoms with Crippen molar-refractivity contribution in [2.45, 2.75) is 38.9 Å². The Bertz CT molecular complexity index is 1230. The number of fused-ring (bicyclic) bond motifs is 2. The number of imidazole rings is 1. The van der Waals surface area contributed by atoms with Gasteiger partial charge in [-0.3, -0.25) is 9.59 Å². The number of nitrogens with zero attached hydrogens (tertiary/aromatic N) is 4. The topological polar surface area (TPSA) is 81.8 Å². The van der Waals surface area contributed by atoms with Crippen LogP contribution in [0, 0.1) is 0 Å². The highest BCUT2D eigenvalue weighted by molar-refractivity contribution is 5.84. The van der Waals surface area contributed by atoms with Gasteiger partial charge in [0.05, 0.1) is 35.5 Å². The van der Waals surface area contributed by atoms with E-state index in [4.69, 9.17) is 0 Å². The minimum absolute atomic E-state index is 0.117. The van der Waals surface area contributed by atoms with Crippen molar-refractivity contribution >= 4 is 27.7 Å². The van der Waals surface area contributed by atoms with Crippen LogP contribution in [0.1, 0.15) is 26.3 Å². The molecular weight excluding hydrogens is 366 g/mol. The monoisotopic (exact) mass is 389 g/mol. The second-order valence-corrected chi connectivity index (χ2v) is 7.15. The van der Waals surface area contributed by atoms with Crippen molar-refractivity contribution < 1.29 is 4.79 Å². The Kier molecular flexibility index (Phi) is 5.12. The Labute approximate surface area is 168 Å². The van der Waals surface area contributed by atoms with Crippen LogP contribution in [0.4, 0.5) is 0 Å². The molecule has 0 radical (unpaired) electrons. The Morgan fingerprint density at radius 1 is 1.14 bits per heavy atom. The normalized spacial score (nSPS) is 13.4. The molecule has 1 amide bonds. The molecule has 1 unspecified atom stereocenters. The highest BCUT2D eigenvalue weighted by Crippen LogP contribution is 2.17. The lowest BCUT2D eigenvalue weighted by atomic mass is 10.2. The molecule has 0 bridgehead atoms. The Balaban J connectivity index is 1.52. The quantitative estimate of drug-likeness (QED) is 0.550. The molecule has 0 saturated heterocycles. The first-order valence-electron chi connectivity index (χ1n) is 9.75. The Morgan fingerprint density at radius 3 is 2.72 bits per heavy atom. The maximum Gasteiger partial charge on any atom is 0.274 e. The van der Waals surface area contributed by atoms with Crippen LogP contribution in [0.5, 0.6) is 0 Å². The molecule has 29 heavy (non-hydrogen) atoms. The Hall–Kier alpha value is -3.48. The summed E-state index contributed by atoms with van der Waals surface area (Å²) in [5.74, 6) is -0.117. The molecule has 2 aromatic carbocycles. The lowest BCUT2D eigenvalue weighted by molar-refractivity contribution is -0.124. The van der Waals surface area contributed by atoms with Gasteiger partial charge in [0, 0.05) is 11.4 Å². The van der Waals surface area contributed by atoms with Crippen LogP contribution in [-0.2, 0) is 11.3 Å². The molecule has 2 aromatic heterocycles. The average Bonchev–Trinajstić information content (AvgIpc) is 3.18. The summed E-state index contributed by atoms with van der Waals surface area (Å²) in [4.78, 5) is 29.9. The van der Waals surface area contributed by atoms with E-state index in [9.17, 15) is 9.59 Å². The molecule has 7 nitrogen and oxygen atoms in total. The van der Waals surface area contributed by atoms with E-state index in [0.717, 1.165) is 16.4 Å². The fourth-order valence-electron chi connectivity index (χ4n) is 3.48. The standard InChI is InChI=1S/C22H23N5O2/c1-3-17(13-27-22(29)18-9-5-4-8-16(18)12-24-27)25-21(28)15(2)26-14-23-19-10-6-7-11-20(19)26/h4-12,14-15,17H,3,13H2,1-2H3,(H,25,28)/t15?,17-/m0/s1. The molecule has 4 aromatic rings. The first-order valence-corrected chi connectivity index (χ1v) is 9.75. The van der Waals surface area contributed by atoms with E-state index < -0.39 is 6.04 Å². The summed E-state index contributed by atoms with van der Waals surface area (Å²) in [6, 6.07) is 14.5. The first-order chi connectivity index (χ1) is 14.1. The average molecular weight is 389 g/mol. The molecule has 0 fully saturated rings. The van der Waals surface area contributed by atoms with Gasteiger partial charge >= 0.3 is 0 Å². The van der Waals surface area contributed by atoms with Gasteiger partial charge in [-0.05, 0) is 31.5 Å². The number of amides is 1. The molecule has 4 rings (SSSR count). The predicted octanol–water partition coefficient (Wildman–Crippen LogP) is 2.90. The number of benzene rings is 2. The molecule has 7 heteroatoms. The van der Waals surface area contributed by atoms with E-state index in [1.165, 1.54) is 4.68 Å². The van der Waals surface area contributed by atoms with E-state index in [-0.39, 0.29) is 17.5 Å². The minimum atomic E-state index is -0.419. The van der Waals surface area contributed by atoms with E-state index in [1.807, 2.05) is 60.9 Å². The molecule has 2 atom stereocenters. The first kappa shape index (κ1) is 18.9. The third-order valence-electron chi connectivity index (χ3n) is 5.27. The fraction of sp³-hybridized carbons (Fsp3) is 0.273. The second kappa shape index (κ2) is 7.87. The molecule has 0 saturated carbocycles. The molecular formula is C22H23N5O2. The van der Waals surface area contributed by atoms with Crippen molar-refractivity contribution in [1.82, 2.24) is 24.6 Å². The molecule has 0 aliphatic rings. The van der Waals surface area contributed by atoms with Crippen LogP contribution >= 0.6 is 0 Å². The minimum Gasteiger partial charge on any atom is -0.350 e. The summed E-state index contributed by atoms with van der Waals surface area (Å²) in [7, 11) is 0. The highest BCUT2D eigenvalue weighted by atomic mass is 16.2. The maximum atomic E-state index is 12.9. The van der Waals surface area contributed by atoms with Crippen LogP contribution < -0.4 is 10.9 Å². The summed E-state index contributed by atoms with van der Waals surface area (Å²) in [5, 5.41) is 8.77. The van der Waals surface area contributed by atoms with E-state index >= 15 is 0 Å². The summed E-state index contributed by atoms with van der Waals surface area (Å²) in [6.45, 7) is 4.15. The third-order valence-corrected chi connectivity index (χ3v) is 5.27. The largest absolute Gasteiger partial charge is 0.350 e. The lowest BCUT2D eigenvalue weighted by Crippen LogP contribution is -2.43. The Morgan fingerprint density at radius 2 is 1.90 bits per heavy atom. The fourth-order valence-corrected chi connectivity index (χ4v) is 3.48. The third kappa shape index (κ3) is 3.63. The number of nitrogens with one attached hydrogen (secondary N) is 1. The van der Waals surface area contributed by atoms with Gasteiger partial charge in [0.2, 0.25) is 5.91 Å². The van der Waals surface area contributed by atoms with Crippen molar-refractivity contribution in [1.29, 1.82) is 0 Å². The summed E-state index contributed by atoms with van der Waals surface area (Å²) >= 11 is 0. The zero-order chi connectivity index (χ0) is 20.4. The molecule has 0 aliphatic heterocycles. The SMILES string of the molecule is CC[C@@H](Cn1ncc2ccccc2c1=O)NC(=O)C(C)n1cnc2ccccc21. The second-order valence-electron chi connectivity index (χ2n) is 7.15. The van der Waals surface area contributed by atoms with Crippen LogP contribution in [-0.4, -0.2) is 31.3 Å². The molecule has 2 heterocycles. The van der Waals surface area contributed by atoms with Gasteiger partial charge in [-0.15, -0.1) is 0 Å². The van der Waals surface area contributed by atoms with Gasteiger partial charge in [-0.25, -0.2) is 9.67 Å². The van der Waals surface area contributed by atoms with Crippen molar-refractivity contribution in [3.05, 3.63) is 71.4 Å². The number of hydrogen-bond donors (Lipinski definition) is 1. The summed E-state index contributed by atoms with van der Waals surface area (Å²) < 4.78 is 3.28. The number of carbonyl (C=O) groups excluding carboxylic acids is 1. The number of hydrogen-bond acceptors (Lipinski definition) is 4. The van der Waals surface area contributed by atoms with Crippen molar-refractivity contribution in [3.63, 3.8) is 0 Å². The number of carbonyl (C=O) groups is 1. The summed E-state index contributed by atoms with van der Waals surface area (Å²) in [5.41, 5.74) is 1.62. The van der Waals surface area contributed by atoms with Gasteiger partial charge < -0.3 is 9.88 Å². The van der Waals surface area contributed by atoms with Gasteiger partial charge in [0.1, 0.15) is 6.04 Å². The van der Waals surface area contributed by atoms with Gasteiger partial charge in [0.25, 0.3) is 5.56 Å². The number of aromatic nitrogens is 4. The van der Waals surface area contributed by atoms with Crippen molar-refractivity contribution in [2.24, 2.45) is 0 Å². The number of para-hydroxylation sites is 2. The number of rotatable bonds is 6. The van der Waals surface area contributed by atoms with Crippen molar-refractivity contribution in [3.8, 4) is 0 Å². The smallest absolute Gasteiger partial charge is 0.274 e. The maximum absolute atomic E-state index is 12.9. The lowest BCUT2D eigenvalue weighted by Gasteiger charge is -2.21. The van der Waals surface area contributed by atoms with E-state index in [1.54, 1.807) is 18.6 Å². The zero-order valence-electron chi connectivity index (χ0n) is 16.4. The zero-order valence-corrected chi connectivity index (χ0v) is 16.4. The predicted molar refractivity (Wildman–Crippen MR) is 113 cm³/mol. The molecule has 148 valence electrons. The van der Waals surface area contributed by atoms with Gasteiger partial charge in [0.15, 0.2) is 0 Å². The molecule has 1 N–H and O–H groups in total. The van der Waals surface area contributed by atoms with Crippen LogP contribution in [0.3, 0.4) is 0 Å². The highest BCUT2D eigenvalue weighted by Gasteiger charge is 2.20. The molecule has 0 spiro atoms. The summed E-state index contributed by atoms with van der Waals surface area (Å²) in [6.07, 6.45) is 4.06. The van der Waals surface area contributed by atoms with Gasteiger partial charge in [-0.1, -0.05) is 37.3 Å². The van der Waals surface area contributed by atoms with Crippen LogP contribution in [0.15, 0.2) is 65.8 Å². The van der Waals surface area contributed by atoms with Crippen LogP contribution in [0.25, 0.3) is 21.8 Å². The van der Waals surface area contributed by atoms with E-state index in [2.05, 4.69) is 15.4 Å². The van der Waals surface area contributed by atoms with Gasteiger partial charge in [-0.2, -0.15) is 5.10 Å². The van der Waals surface area contributed by atoms with Crippen molar-refractivity contribution in [2.75, 3.05) is 0 Å². The van der Waals surface area contributed by atoms with Crippen LogP contribution in [0.2, 0.25) is 0 Å².